The Morgan fingerprint density at radius 1 is 0.571 bits per heavy atom. The Balaban J connectivity index is 0.000000384. The molecule has 0 aliphatic carbocycles. The molecule has 0 atom stereocenters. The van der Waals surface area contributed by atoms with Crippen LogP contribution in [-0.2, 0) is 17.1 Å². The average Bonchev–Trinajstić information content (AvgIpc) is 2.63. The average molecular weight is 431 g/mol. The van der Waals surface area contributed by atoms with E-state index in [0.29, 0.717) is 0 Å². The first kappa shape index (κ1) is 24.8. The van der Waals surface area contributed by atoms with Gasteiger partial charge in [0.05, 0.1) is 36.1 Å². The third kappa shape index (κ3) is 7.18. The molecule has 0 amide bonds. The molecule has 0 spiro atoms. The molecule has 0 saturated heterocycles. The minimum atomic E-state index is -0.558. The van der Waals surface area contributed by atoms with Crippen LogP contribution in [0.4, 0.5) is 0 Å². The Bertz CT molecular complexity index is 927. The second kappa shape index (κ2) is 11.5. The summed E-state index contributed by atoms with van der Waals surface area (Å²) in [4.78, 5) is 31.4. The fourth-order valence-corrected chi connectivity index (χ4v) is 1.50. The van der Waals surface area contributed by atoms with Gasteiger partial charge in [-0.1, -0.05) is 0 Å². The molecule has 10 heteroatoms. The molecule has 3 heterocycles. The van der Waals surface area contributed by atoms with Crippen molar-refractivity contribution in [3.05, 3.63) is 84.9 Å². The van der Waals surface area contributed by atoms with Gasteiger partial charge in [0.2, 0.25) is 0 Å². The Kier molecular flexibility index (Phi) is 10.2. The first-order chi connectivity index (χ1) is 12.6. The molecule has 152 valence electrons. The molecule has 3 aromatic rings. The molecule has 0 aromatic carbocycles. The Morgan fingerprint density at radius 3 is 0.929 bits per heavy atom. The van der Waals surface area contributed by atoms with Gasteiger partial charge in [-0.2, -0.15) is 0 Å². The van der Waals surface area contributed by atoms with Crippen LogP contribution < -0.4 is 31.6 Å². The van der Waals surface area contributed by atoms with E-state index in [9.17, 15) is 29.7 Å². The van der Waals surface area contributed by atoms with E-state index >= 15 is 0 Å². The SMILES string of the molecule is Cc1occc(=O)c1[O-].Cc1occc(=O)c1[O-].Cc1occc(=O)c1[O-].[Fe]. The summed E-state index contributed by atoms with van der Waals surface area (Å²) in [6.07, 6.45) is 3.62. The predicted molar refractivity (Wildman–Crippen MR) is 87.5 cm³/mol. The second-order valence-corrected chi connectivity index (χ2v) is 5.01. The molecule has 0 unspecified atom stereocenters. The molecule has 3 rings (SSSR count). The number of hydrogen-bond acceptors (Lipinski definition) is 9. The van der Waals surface area contributed by atoms with E-state index in [-0.39, 0.29) is 34.3 Å². The van der Waals surface area contributed by atoms with Crippen LogP contribution in [0.25, 0.3) is 0 Å². The van der Waals surface area contributed by atoms with Crippen LogP contribution >= 0.6 is 0 Å². The molecule has 0 aliphatic rings. The van der Waals surface area contributed by atoms with Crippen molar-refractivity contribution < 1.29 is 45.6 Å². The van der Waals surface area contributed by atoms with Gasteiger partial charge in [0.25, 0.3) is 0 Å². The summed E-state index contributed by atoms with van der Waals surface area (Å²) in [5, 5.41) is 31.7. The van der Waals surface area contributed by atoms with E-state index in [1.165, 1.54) is 39.6 Å². The van der Waals surface area contributed by atoms with Gasteiger partial charge in [-0.25, -0.2) is 0 Å². The van der Waals surface area contributed by atoms with Crippen LogP contribution in [0.2, 0.25) is 0 Å². The quantitative estimate of drug-likeness (QED) is 0.449. The topological polar surface area (TPSA) is 160 Å². The fourth-order valence-electron chi connectivity index (χ4n) is 1.50. The predicted octanol–water partition coefficient (Wildman–Crippen LogP) is 0.0630. The summed E-state index contributed by atoms with van der Waals surface area (Å²) < 4.78 is 13.9. The van der Waals surface area contributed by atoms with E-state index in [1.54, 1.807) is 0 Å². The zero-order valence-electron chi connectivity index (χ0n) is 15.0. The van der Waals surface area contributed by atoms with Gasteiger partial charge in [0, 0.05) is 35.3 Å². The molecular formula is C18H15FeO9-3. The van der Waals surface area contributed by atoms with Crippen LogP contribution in [0.1, 0.15) is 17.3 Å². The standard InChI is InChI=1S/3C6H6O3.Fe/c3*1-4-6(8)5(7)2-3-9-4;/h3*2-3,8H,1H3;/p-3. The van der Waals surface area contributed by atoms with E-state index in [2.05, 4.69) is 13.3 Å². The molecule has 0 N–H and O–H groups in total. The Morgan fingerprint density at radius 2 is 0.786 bits per heavy atom. The summed E-state index contributed by atoms with van der Waals surface area (Å²) in [6, 6.07) is 3.32. The van der Waals surface area contributed by atoms with Gasteiger partial charge in [-0.3, -0.25) is 14.4 Å². The first-order valence-corrected chi connectivity index (χ1v) is 7.41. The van der Waals surface area contributed by atoms with Crippen LogP contribution in [0.3, 0.4) is 0 Å². The number of rotatable bonds is 0. The summed E-state index contributed by atoms with van der Waals surface area (Å²) in [7, 11) is 0. The molecule has 0 bridgehead atoms. The van der Waals surface area contributed by atoms with Crippen LogP contribution in [-0.4, -0.2) is 0 Å². The molecule has 0 radical (unpaired) electrons. The summed E-state index contributed by atoms with van der Waals surface area (Å²) in [5.74, 6) is -1.25. The normalized spacial score (nSPS) is 9.11. The minimum absolute atomic E-state index is 0. The molecule has 0 fully saturated rings. The van der Waals surface area contributed by atoms with Gasteiger partial charge < -0.3 is 28.6 Å². The van der Waals surface area contributed by atoms with E-state index in [0.717, 1.165) is 18.2 Å². The van der Waals surface area contributed by atoms with Crippen molar-refractivity contribution in [2.75, 3.05) is 0 Å². The van der Waals surface area contributed by atoms with E-state index in [1.807, 2.05) is 0 Å². The third-order valence-corrected chi connectivity index (χ3v) is 3.02. The van der Waals surface area contributed by atoms with Crippen molar-refractivity contribution >= 4 is 0 Å². The van der Waals surface area contributed by atoms with Gasteiger partial charge in [-0.05, 0) is 38.0 Å². The van der Waals surface area contributed by atoms with Crippen molar-refractivity contribution in [3.63, 3.8) is 0 Å². The first-order valence-electron chi connectivity index (χ1n) is 7.41. The number of aryl methyl sites for hydroxylation is 3. The van der Waals surface area contributed by atoms with Crippen LogP contribution in [0, 0.1) is 20.8 Å². The van der Waals surface area contributed by atoms with Crippen molar-refractivity contribution in [2.45, 2.75) is 20.8 Å². The van der Waals surface area contributed by atoms with Crippen LogP contribution in [0.15, 0.2) is 64.6 Å². The van der Waals surface area contributed by atoms with Crippen molar-refractivity contribution in [1.29, 1.82) is 0 Å². The Hall–Kier alpha value is -3.23. The smallest absolute Gasteiger partial charge is 0.177 e. The molecular weight excluding hydrogens is 416 g/mol. The van der Waals surface area contributed by atoms with Gasteiger partial charge in [-0.15, -0.1) is 0 Å². The molecule has 0 aliphatic heterocycles. The van der Waals surface area contributed by atoms with E-state index < -0.39 is 33.5 Å². The zero-order valence-corrected chi connectivity index (χ0v) is 16.1. The van der Waals surface area contributed by atoms with Gasteiger partial charge in [0.1, 0.15) is 0 Å². The summed E-state index contributed by atoms with van der Waals surface area (Å²) in [5.41, 5.74) is -1.55. The minimum Gasteiger partial charge on any atom is -0.868 e. The van der Waals surface area contributed by atoms with E-state index in [4.69, 9.17) is 0 Å². The fraction of sp³-hybridized carbons (Fsp3) is 0.167. The maximum atomic E-state index is 10.6. The molecule has 9 nitrogen and oxygen atoms in total. The van der Waals surface area contributed by atoms with Crippen molar-refractivity contribution in [2.24, 2.45) is 0 Å². The maximum Gasteiger partial charge on any atom is 0.177 e. The molecule has 28 heavy (non-hydrogen) atoms. The summed E-state index contributed by atoms with van der Waals surface area (Å²) in [6.45, 7) is 4.39. The van der Waals surface area contributed by atoms with Crippen molar-refractivity contribution in [3.8, 4) is 17.2 Å². The molecule has 0 saturated carbocycles. The summed E-state index contributed by atoms with van der Waals surface area (Å²) >= 11 is 0. The van der Waals surface area contributed by atoms with Gasteiger partial charge in [0.15, 0.2) is 16.3 Å². The third-order valence-electron chi connectivity index (χ3n) is 3.02. The largest absolute Gasteiger partial charge is 0.868 e. The van der Waals surface area contributed by atoms with Gasteiger partial charge >= 0.3 is 0 Å². The zero-order chi connectivity index (χ0) is 20.6. The number of hydrogen-bond donors (Lipinski definition) is 0. The monoisotopic (exact) mass is 431 g/mol. The molecule has 3 aromatic heterocycles. The van der Waals surface area contributed by atoms with Crippen molar-refractivity contribution in [1.82, 2.24) is 0 Å². The van der Waals surface area contributed by atoms with Crippen LogP contribution in [0.5, 0.6) is 17.2 Å². The Labute approximate surface area is 169 Å². The maximum absolute atomic E-state index is 10.6. The second-order valence-electron chi connectivity index (χ2n) is 5.01.